The number of aromatic nitrogens is 2. The number of aliphatic carboxylic acids is 1. The van der Waals surface area contributed by atoms with E-state index in [2.05, 4.69) is 87.4 Å². The van der Waals surface area contributed by atoms with Crippen LogP contribution in [-0.4, -0.2) is 51.2 Å². The third kappa shape index (κ3) is 11.3. The number of carbonyl (C=O) groups excluding carboxylic acids is 2. The van der Waals surface area contributed by atoms with Gasteiger partial charge in [0.15, 0.2) is 0 Å². The van der Waals surface area contributed by atoms with E-state index >= 15 is 0 Å². The van der Waals surface area contributed by atoms with Gasteiger partial charge in [-0.25, -0.2) is 19.6 Å². The number of esters is 1. The summed E-state index contributed by atoms with van der Waals surface area (Å²) in [6, 6.07) is 26.8. The van der Waals surface area contributed by atoms with E-state index in [0.29, 0.717) is 23.4 Å². The van der Waals surface area contributed by atoms with Crippen LogP contribution in [0, 0.1) is 11.8 Å². The number of carboxylic acids is 1. The molecule has 0 bridgehead atoms. The quantitative estimate of drug-likeness (QED) is 0.103. The van der Waals surface area contributed by atoms with Crippen molar-refractivity contribution in [1.29, 1.82) is 0 Å². The van der Waals surface area contributed by atoms with Crippen LogP contribution in [-0.2, 0) is 34.2 Å². The smallest absolute Gasteiger partial charge is 0.356 e. The summed E-state index contributed by atoms with van der Waals surface area (Å²) in [5.74, 6) is -0.132. The number of nitrogens with zero attached hydrogens (tertiary/aromatic N) is 2. The number of hydrogen-bond donors (Lipinski definition) is 3. The maximum atomic E-state index is 13.5. The highest BCUT2D eigenvalue weighted by Crippen LogP contribution is 2.35. The first-order chi connectivity index (χ1) is 30.1. The number of amides is 1. The SMILES string of the molecule is CC(C)c1ccc(C[C@H](NC(=O)c2cc3ccc(-c4ccc(C(C)(C)C)cc4)cc3c(CC3CCCC3)n2)C(=O)O)s1.COC(=O)c1cc2ccc(O)cc2c(CC2CCCC2)n1. The van der Waals surface area contributed by atoms with Crippen molar-refractivity contribution in [3.8, 4) is 16.9 Å². The summed E-state index contributed by atoms with van der Waals surface area (Å²) in [4.78, 5) is 48.9. The monoisotopic (exact) mass is 867 g/mol. The molecule has 2 fully saturated rings. The summed E-state index contributed by atoms with van der Waals surface area (Å²) in [5, 5.41) is 26.3. The first-order valence-corrected chi connectivity index (χ1v) is 23.3. The number of pyridine rings is 2. The molecule has 3 N–H and O–H groups in total. The highest BCUT2D eigenvalue weighted by molar-refractivity contribution is 7.12. The van der Waals surface area contributed by atoms with Gasteiger partial charge in [-0.1, -0.05) is 128 Å². The standard InChI is InChI=1S/C36H42N2O3S.C17H19NO3/c1-22(2)33-17-16-28(42-33)21-32(35(40)41)38-34(39)31-20-26-11-10-25(24-12-14-27(15-13-24)36(3,4)5)19-29(26)30(37-31)18-23-8-6-7-9-23;1-21-17(20)16-9-12-6-7-13(19)10-14(12)15(18-16)8-11-4-2-3-5-11/h10-17,19-20,22-23,32H,6-9,18,21H2,1-5H3,(H,38,39)(H,40,41);6-7,9-11,19H,2-5,8H2,1H3/t32-;/m0./s1. The van der Waals surface area contributed by atoms with Crippen LogP contribution in [0.5, 0.6) is 5.75 Å². The second-order valence-electron chi connectivity index (χ2n) is 18.8. The van der Waals surface area contributed by atoms with Gasteiger partial charge in [-0.05, 0) is 106 Å². The number of thiophene rings is 1. The van der Waals surface area contributed by atoms with Crippen molar-refractivity contribution in [1.82, 2.24) is 15.3 Å². The zero-order valence-corrected chi connectivity index (χ0v) is 38.3. The Hall–Kier alpha value is -5.61. The molecule has 6 aromatic rings. The van der Waals surface area contributed by atoms with Gasteiger partial charge in [-0.2, -0.15) is 0 Å². The fraction of sp³-hybridized carbons (Fsp3) is 0.415. The molecule has 8 rings (SSSR count). The second-order valence-corrected chi connectivity index (χ2v) is 20.0. The van der Waals surface area contributed by atoms with Crippen molar-refractivity contribution >= 4 is 50.7 Å². The first-order valence-electron chi connectivity index (χ1n) is 22.5. The molecule has 0 saturated heterocycles. The largest absolute Gasteiger partial charge is 0.508 e. The minimum absolute atomic E-state index is 0.0949. The molecular formula is C53H61N3O6S. The van der Waals surface area contributed by atoms with E-state index in [0.717, 1.165) is 61.8 Å². The van der Waals surface area contributed by atoms with Gasteiger partial charge in [0.2, 0.25) is 0 Å². The average molecular weight is 868 g/mol. The number of benzene rings is 3. The highest BCUT2D eigenvalue weighted by atomic mass is 32.1. The Kier molecular flexibility index (Phi) is 14.3. The lowest BCUT2D eigenvalue weighted by Gasteiger charge is -2.19. The van der Waals surface area contributed by atoms with E-state index < -0.39 is 23.9 Å². The van der Waals surface area contributed by atoms with Gasteiger partial charge in [-0.3, -0.25) is 4.79 Å². The van der Waals surface area contributed by atoms with Crippen molar-refractivity contribution in [2.45, 2.75) is 123 Å². The Balaban J connectivity index is 0.000000236. The van der Waals surface area contributed by atoms with Gasteiger partial charge in [-0.15, -0.1) is 11.3 Å². The molecule has 2 aliphatic rings. The Morgan fingerprint density at radius 1 is 0.746 bits per heavy atom. The molecule has 3 heterocycles. The molecule has 1 atom stereocenters. The number of methoxy groups -OCH3 is 1. The van der Waals surface area contributed by atoms with Gasteiger partial charge < -0.3 is 20.3 Å². The Morgan fingerprint density at radius 2 is 1.30 bits per heavy atom. The normalized spacial score (nSPS) is 15.1. The summed E-state index contributed by atoms with van der Waals surface area (Å²) in [5.41, 5.74) is 6.08. The highest BCUT2D eigenvalue weighted by Gasteiger charge is 2.26. The lowest BCUT2D eigenvalue weighted by atomic mass is 9.86. The number of phenols is 1. The lowest BCUT2D eigenvalue weighted by molar-refractivity contribution is -0.139. The molecule has 9 nitrogen and oxygen atoms in total. The van der Waals surface area contributed by atoms with E-state index in [1.54, 1.807) is 35.6 Å². The Morgan fingerprint density at radius 3 is 1.86 bits per heavy atom. The second kappa shape index (κ2) is 19.8. The van der Waals surface area contributed by atoms with Crippen LogP contribution in [0.25, 0.3) is 32.7 Å². The minimum Gasteiger partial charge on any atom is -0.508 e. The number of ether oxygens (including phenoxy) is 1. The first kappa shape index (κ1) is 45.4. The number of nitrogens with one attached hydrogen (secondary N) is 1. The number of carboxylic acid groups (broad SMARTS) is 1. The van der Waals surface area contributed by atoms with Crippen LogP contribution in [0.1, 0.15) is 140 Å². The van der Waals surface area contributed by atoms with Crippen molar-refractivity contribution < 1.29 is 29.3 Å². The zero-order chi connectivity index (χ0) is 44.8. The fourth-order valence-electron chi connectivity index (χ4n) is 9.03. The van der Waals surface area contributed by atoms with E-state index in [4.69, 9.17) is 9.72 Å². The van der Waals surface area contributed by atoms with Gasteiger partial charge in [0.25, 0.3) is 5.91 Å². The number of aromatic hydroxyl groups is 1. The van der Waals surface area contributed by atoms with Gasteiger partial charge >= 0.3 is 11.9 Å². The van der Waals surface area contributed by atoms with Crippen LogP contribution >= 0.6 is 11.3 Å². The van der Waals surface area contributed by atoms with E-state index in [1.807, 2.05) is 18.2 Å². The van der Waals surface area contributed by atoms with E-state index in [1.165, 1.54) is 68.9 Å². The summed E-state index contributed by atoms with van der Waals surface area (Å²) < 4.78 is 4.78. The lowest BCUT2D eigenvalue weighted by Crippen LogP contribution is -2.42. The number of carbonyl (C=O) groups is 3. The molecule has 3 aromatic heterocycles. The van der Waals surface area contributed by atoms with Crippen LogP contribution in [0.2, 0.25) is 0 Å². The molecule has 1 amide bonds. The van der Waals surface area contributed by atoms with Crippen LogP contribution in [0.3, 0.4) is 0 Å². The molecule has 2 aliphatic carbocycles. The third-order valence-electron chi connectivity index (χ3n) is 12.7. The van der Waals surface area contributed by atoms with Gasteiger partial charge in [0, 0.05) is 38.3 Å². The summed E-state index contributed by atoms with van der Waals surface area (Å²) in [7, 11) is 1.36. The van der Waals surface area contributed by atoms with Crippen molar-refractivity contribution in [3.05, 3.63) is 123 Å². The fourth-order valence-corrected chi connectivity index (χ4v) is 10.1. The topological polar surface area (TPSA) is 139 Å². The summed E-state index contributed by atoms with van der Waals surface area (Å²) in [6.07, 6.45) is 11.7. The van der Waals surface area contributed by atoms with E-state index in [-0.39, 0.29) is 23.3 Å². The van der Waals surface area contributed by atoms with Crippen molar-refractivity contribution in [3.63, 3.8) is 0 Å². The number of rotatable bonds is 12. The number of fused-ring (bicyclic) bond motifs is 2. The van der Waals surface area contributed by atoms with Gasteiger partial charge in [0.1, 0.15) is 23.2 Å². The van der Waals surface area contributed by atoms with Crippen LogP contribution < -0.4 is 5.32 Å². The molecule has 0 radical (unpaired) electrons. The van der Waals surface area contributed by atoms with Gasteiger partial charge in [0.05, 0.1) is 7.11 Å². The molecule has 0 unspecified atom stereocenters. The molecule has 330 valence electrons. The Bertz CT molecular complexity index is 2580. The number of phenolic OH excluding ortho intramolecular Hbond substituents is 1. The van der Waals surface area contributed by atoms with Crippen molar-refractivity contribution in [2.75, 3.05) is 7.11 Å². The average Bonchev–Trinajstić information content (AvgIpc) is 4.08. The maximum Gasteiger partial charge on any atom is 0.356 e. The predicted molar refractivity (Wildman–Crippen MR) is 253 cm³/mol. The van der Waals surface area contributed by atoms with Crippen LogP contribution in [0.15, 0.2) is 84.9 Å². The molecule has 3 aromatic carbocycles. The predicted octanol–water partition coefficient (Wildman–Crippen LogP) is 12.0. The molecular weight excluding hydrogens is 807 g/mol. The minimum atomic E-state index is -1.04. The number of hydrogen-bond acceptors (Lipinski definition) is 8. The zero-order valence-electron chi connectivity index (χ0n) is 37.5. The summed E-state index contributed by atoms with van der Waals surface area (Å²) in [6.45, 7) is 10.9. The molecule has 63 heavy (non-hydrogen) atoms. The van der Waals surface area contributed by atoms with E-state index in [9.17, 15) is 24.6 Å². The molecule has 0 aliphatic heterocycles. The summed E-state index contributed by atoms with van der Waals surface area (Å²) >= 11 is 1.60. The van der Waals surface area contributed by atoms with Crippen LogP contribution in [0.4, 0.5) is 0 Å². The molecule has 2 saturated carbocycles. The molecule has 0 spiro atoms. The van der Waals surface area contributed by atoms with Crippen molar-refractivity contribution in [2.24, 2.45) is 11.8 Å². The maximum absolute atomic E-state index is 13.5. The Labute approximate surface area is 375 Å². The third-order valence-corrected chi connectivity index (χ3v) is 14.1. The molecule has 10 heteroatoms.